The lowest BCUT2D eigenvalue weighted by Crippen LogP contribution is -2.22. The van der Waals surface area contributed by atoms with Gasteiger partial charge in [-0.3, -0.25) is 0 Å². The van der Waals surface area contributed by atoms with E-state index in [0.717, 1.165) is 51.4 Å². The van der Waals surface area contributed by atoms with E-state index >= 15 is 0 Å². The van der Waals surface area contributed by atoms with Crippen molar-refractivity contribution in [3.05, 3.63) is 166 Å². The van der Waals surface area contributed by atoms with Crippen molar-refractivity contribution in [2.45, 2.75) is 313 Å². The van der Waals surface area contributed by atoms with Gasteiger partial charge in [0.2, 0.25) is 0 Å². The number of hydrogen-bond donors (Lipinski definition) is 5. The van der Waals surface area contributed by atoms with Crippen molar-refractivity contribution >= 4 is 0 Å². The van der Waals surface area contributed by atoms with Crippen molar-refractivity contribution in [2.24, 2.45) is 5.92 Å². The predicted molar refractivity (Wildman–Crippen MR) is 378 cm³/mol. The minimum atomic E-state index is -0.292. The number of aryl methyl sites for hydroxylation is 2. The van der Waals surface area contributed by atoms with E-state index in [-0.39, 0.29) is 51.3 Å². The van der Waals surface area contributed by atoms with Gasteiger partial charge in [-0.1, -0.05) is 322 Å². The zero-order valence-electron chi connectivity index (χ0n) is 57.3. The van der Waals surface area contributed by atoms with Crippen LogP contribution in [0, 0.1) is 5.92 Å². The monoisotopic (exact) mass is 1160 g/mol. The van der Waals surface area contributed by atoms with Crippen molar-refractivity contribution in [3.63, 3.8) is 0 Å². The van der Waals surface area contributed by atoms with Crippen LogP contribution in [0.25, 0.3) is 11.1 Å². The largest absolute Gasteiger partial charge is 0.393 e. The SMILES string of the molecule is C.C.CC.CC.CC.CC.CC.CC.CC.CC.CC.CC.CC1CCCCC1O.CC1c2ccccc2-c2ccccc2CC1O.CC1c2ccccc2CC1O.CC1c2ccccc2CCC1O.CC1c2ccccc2CCCC1O. The van der Waals surface area contributed by atoms with Gasteiger partial charge in [-0.15, -0.1) is 0 Å². The fraction of sp³-hybridized carbons (Fsp3) is 0.615. The first-order chi connectivity index (χ1) is 39.4. The van der Waals surface area contributed by atoms with E-state index in [1.54, 1.807) is 0 Å². The molecule has 0 heterocycles. The average Bonchev–Trinajstić information content (AvgIpc) is 3.99. The summed E-state index contributed by atoms with van der Waals surface area (Å²) in [4.78, 5) is 0. The maximum atomic E-state index is 10.3. The van der Waals surface area contributed by atoms with E-state index < -0.39 is 0 Å². The molecular formula is C78H140O5. The fourth-order valence-corrected chi connectivity index (χ4v) is 9.91. The molecule has 0 radical (unpaired) electrons. The van der Waals surface area contributed by atoms with Gasteiger partial charge in [0, 0.05) is 23.7 Å². The molecule has 10 atom stereocenters. The topological polar surface area (TPSA) is 101 Å². The second kappa shape index (κ2) is 61.0. The zero-order chi connectivity index (χ0) is 63.5. The van der Waals surface area contributed by atoms with Crippen LogP contribution in [-0.2, 0) is 25.7 Å². The van der Waals surface area contributed by atoms with Gasteiger partial charge in [0.05, 0.1) is 30.5 Å². The summed E-state index contributed by atoms with van der Waals surface area (Å²) >= 11 is 0. The number of aliphatic hydroxyl groups is 5. The molecule has 0 aliphatic heterocycles. The minimum absolute atomic E-state index is 0. The molecule has 10 rings (SSSR count). The van der Waals surface area contributed by atoms with Gasteiger partial charge < -0.3 is 25.5 Å². The molecule has 1 fully saturated rings. The highest BCUT2D eigenvalue weighted by molar-refractivity contribution is 5.72. The standard InChI is InChI=1S/C16H16O.C12H16O.C11H14O.C10H12O.C7H14O.10C2H6.2CH4/c1-11-13-7-4-5-9-15(13)14-8-3-2-6-12(14)10-16(11)17;1-9-11-7-3-2-5-10(11)6-4-8-12(9)13;1-8-10-5-3-2-4-9(10)6-7-11(8)12;1-7-9-5-3-2-4-8(9)6-10(7)11;1-6-4-2-3-5-7(6)8;10*1-2;;/h2-9,11,16-17H,10H2,1H3;2-3,5,7,9,12-13H,4,6,8H2,1H3;2-5,8,11-12H,6-7H2,1H3;2-5,7,10-11H,6H2,1H3;6-8H,2-5H2,1H3;10*1-2H3;2*1H4. The molecule has 5 aromatic rings. The van der Waals surface area contributed by atoms with Crippen molar-refractivity contribution in [1.29, 1.82) is 0 Å². The van der Waals surface area contributed by atoms with Crippen LogP contribution < -0.4 is 0 Å². The third-order valence-corrected chi connectivity index (χ3v) is 14.3. The second-order valence-electron chi connectivity index (χ2n) is 18.4. The summed E-state index contributed by atoms with van der Waals surface area (Å²) in [6.07, 6.45) is 10.8. The molecule has 5 N–H and O–H groups in total. The van der Waals surface area contributed by atoms with Gasteiger partial charge in [-0.2, -0.15) is 0 Å². The Morgan fingerprint density at radius 2 is 0.554 bits per heavy atom. The highest BCUT2D eigenvalue weighted by Crippen LogP contribution is 2.38. The summed E-state index contributed by atoms with van der Waals surface area (Å²) in [6, 6.07) is 42.0. The van der Waals surface area contributed by atoms with Crippen LogP contribution in [0.15, 0.2) is 121 Å². The lowest BCUT2D eigenvalue weighted by atomic mass is 9.82. The molecule has 5 nitrogen and oxygen atoms in total. The zero-order valence-corrected chi connectivity index (χ0v) is 57.3. The molecule has 0 amide bonds. The lowest BCUT2D eigenvalue weighted by molar-refractivity contribution is 0.0793. The maximum absolute atomic E-state index is 10.3. The highest BCUT2D eigenvalue weighted by Gasteiger charge is 2.28. The highest BCUT2D eigenvalue weighted by atomic mass is 16.3. The summed E-state index contributed by atoms with van der Waals surface area (Å²) < 4.78 is 0. The smallest absolute Gasteiger partial charge is 0.0646 e. The van der Waals surface area contributed by atoms with Crippen LogP contribution in [0.3, 0.4) is 0 Å². The van der Waals surface area contributed by atoms with Gasteiger partial charge >= 0.3 is 0 Å². The molecule has 1 saturated carbocycles. The van der Waals surface area contributed by atoms with Crippen molar-refractivity contribution in [1.82, 2.24) is 0 Å². The Kier molecular flexibility index (Phi) is 68.1. The summed E-state index contributed by atoms with van der Waals surface area (Å²) in [6.45, 7) is 50.5. The van der Waals surface area contributed by atoms with Gasteiger partial charge in [0.15, 0.2) is 0 Å². The normalized spacial score (nSPS) is 21.4. The molecule has 5 aliphatic rings. The van der Waals surface area contributed by atoms with E-state index in [4.69, 9.17) is 0 Å². The Labute approximate surface area is 518 Å². The van der Waals surface area contributed by atoms with E-state index in [2.05, 4.69) is 132 Å². The molecule has 83 heavy (non-hydrogen) atoms. The maximum Gasteiger partial charge on any atom is 0.0646 e. The van der Waals surface area contributed by atoms with Crippen LogP contribution >= 0.6 is 0 Å². The first-order valence-electron chi connectivity index (χ1n) is 33.2. The summed E-state index contributed by atoms with van der Waals surface area (Å²) in [5.41, 5.74) is 13.2. The molecular weight excluding hydrogens is 1020 g/mol. The average molecular weight is 1160 g/mol. The Bertz CT molecular complexity index is 2100. The van der Waals surface area contributed by atoms with E-state index in [1.807, 2.05) is 163 Å². The third kappa shape index (κ3) is 32.8. The summed E-state index contributed by atoms with van der Waals surface area (Å²) in [5, 5.41) is 48.4. The number of aliphatic hydroxyl groups excluding tert-OH is 5. The van der Waals surface area contributed by atoms with E-state index in [1.165, 1.54) is 74.9 Å². The van der Waals surface area contributed by atoms with Gasteiger partial charge in [-0.25, -0.2) is 0 Å². The first-order valence-corrected chi connectivity index (χ1v) is 33.2. The number of hydrogen-bond acceptors (Lipinski definition) is 5. The molecule has 0 spiro atoms. The van der Waals surface area contributed by atoms with Gasteiger partial charge in [0.25, 0.3) is 0 Å². The van der Waals surface area contributed by atoms with Crippen LogP contribution in [-0.4, -0.2) is 56.1 Å². The van der Waals surface area contributed by atoms with Crippen LogP contribution in [0.1, 0.15) is 301 Å². The predicted octanol–water partition coefficient (Wildman–Crippen LogP) is 22.8. The molecule has 5 heteroatoms. The molecule has 5 aromatic carbocycles. The second-order valence-corrected chi connectivity index (χ2v) is 18.4. The lowest BCUT2D eigenvalue weighted by Gasteiger charge is -2.27. The number of rotatable bonds is 0. The van der Waals surface area contributed by atoms with Gasteiger partial charge in [-0.05, 0) is 119 Å². The van der Waals surface area contributed by atoms with Crippen LogP contribution in [0.2, 0.25) is 0 Å². The van der Waals surface area contributed by atoms with Crippen LogP contribution in [0.4, 0.5) is 0 Å². The number of fused-ring (bicyclic) bond motifs is 6. The Balaban J connectivity index is -0.000000162. The van der Waals surface area contributed by atoms with Crippen molar-refractivity contribution < 1.29 is 25.5 Å². The van der Waals surface area contributed by atoms with E-state index in [0.29, 0.717) is 23.7 Å². The Morgan fingerprint density at radius 3 is 0.964 bits per heavy atom. The van der Waals surface area contributed by atoms with E-state index in [9.17, 15) is 25.5 Å². The summed E-state index contributed by atoms with van der Waals surface area (Å²) in [7, 11) is 0. The first kappa shape index (κ1) is 92.6. The quantitative estimate of drug-likeness (QED) is 0.0995. The molecule has 0 saturated heterocycles. The molecule has 482 valence electrons. The Morgan fingerprint density at radius 1 is 0.265 bits per heavy atom. The molecule has 0 aromatic heterocycles. The molecule has 0 bridgehead atoms. The van der Waals surface area contributed by atoms with Crippen LogP contribution in [0.5, 0.6) is 0 Å². The fourth-order valence-electron chi connectivity index (χ4n) is 9.91. The third-order valence-electron chi connectivity index (χ3n) is 14.3. The van der Waals surface area contributed by atoms with Gasteiger partial charge in [0.1, 0.15) is 0 Å². The van der Waals surface area contributed by atoms with Crippen molar-refractivity contribution in [3.8, 4) is 11.1 Å². The molecule has 5 aliphatic carbocycles. The molecule has 10 unspecified atom stereocenters. The van der Waals surface area contributed by atoms with Crippen molar-refractivity contribution in [2.75, 3.05) is 0 Å². The Hall–Kier alpha value is -4.10. The summed E-state index contributed by atoms with van der Waals surface area (Å²) in [5.74, 6) is 1.70. The number of benzene rings is 5. The minimum Gasteiger partial charge on any atom is -0.393 e.